The molecule has 0 unspecified atom stereocenters. The third kappa shape index (κ3) is 5.20. The number of halogens is 1. The van der Waals surface area contributed by atoms with Gasteiger partial charge in [0.15, 0.2) is 0 Å². The van der Waals surface area contributed by atoms with Crippen LogP contribution in [0.2, 0.25) is 5.02 Å². The second kappa shape index (κ2) is 8.86. The van der Waals surface area contributed by atoms with Crippen LogP contribution >= 0.6 is 11.6 Å². The summed E-state index contributed by atoms with van der Waals surface area (Å²) >= 11 is 6.15. The molecule has 0 aliphatic heterocycles. The Bertz CT molecular complexity index is 694. The summed E-state index contributed by atoms with van der Waals surface area (Å²) < 4.78 is 0. The van der Waals surface area contributed by atoms with Gasteiger partial charge in [-0.3, -0.25) is 4.79 Å². The third-order valence-corrected chi connectivity index (χ3v) is 5.00. The molecule has 0 atom stereocenters. The zero-order chi connectivity index (χ0) is 17.5. The van der Waals surface area contributed by atoms with Crippen molar-refractivity contribution in [2.45, 2.75) is 51.1 Å². The van der Waals surface area contributed by atoms with Gasteiger partial charge in [0, 0.05) is 17.6 Å². The summed E-state index contributed by atoms with van der Waals surface area (Å²) in [5.74, 6) is -0.0791. The molecule has 1 amide bonds. The summed E-state index contributed by atoms with van der Waals surface area (Å²) in [6.45, 7) is 0.620. The van der Waals surface area contributed by atoms with Gasteiger partial charge >= 0.3 is 0 Å². The maximum Gasteiger partial charge on any atom is 0.270 e. The highest BCUT2D eigenvalue weighted by Crippen LogP contribution is 2.18. The fourth-order valence-electron chi connectivity index (χ4n) is 3.15. The molecule has 2 aromatic rings. The Labute approximate surface area is 154 Å². The molecule has 2 N–H and O–H groups in total. The summed E-state index contributed by atoms with van der Waals surface area (Å²) in [6, 6.07) is 11.7. The molecule has 25 heavy (non-hydrogen) atoms. The van der Waals surface area contributed by atoms with Crippen LogP contribution in [-0.2, 0) is 6.54 Å². The van der Waals surface area contributed by atoms with Crippen LogP contribution in [0.25, 0.3) is 0 Å². The Morgan fingerprint density at radius 2 is 1.84 bits per heavy atom. The normalized spacial score (nSPS) is 15.4. The topological polar surface area (TPSA) is 54.0 Å². The summed E-state index contributed by atoms with van der Waals surface area (Å²) in [5, 5.41) is 7.14. The van der Waals surface area contributed by atoms with Crippen LogP contribution in [0.4, 0.5) is 5.69 Å². The monoisotopic (exact) mass is 357 g/mol. The Balaban J connectivity index is 1.54. The molecule has 4 nitrogen and oxygen atoms in total. The molecule has 1 fully saturated rings. The van der Waals surface area contributed by atoms with E-state index in [0.717, 1.165) is 29.1 Å². The summed E-state index contributed by atoms with van der Waals surface area (Å²) in [6.07, 6.45) is 8.78. The van der Waals surface area contributed by atoms with Crippen molar-refractivity contribution in [3.05, 3.63) is 58.9 Å². The Kier molecular flexibility index (Phi) is 6.29. The van der Waals surface area contributed by atoms with Crippen molar-refractivity contribution in [3.8, 4) is 0 Å². The number of hydrogen-bond acceptors (Lipinski definition) is 3. The average Bonchev–Trinajstić information content (AvgIpc) is 2.90. The number of hydrogen-bond donors (Lipinski definition) is 2. The fraction of sp³-hybridized carbons (Fsp3) is 0.400. The first-order valence-corrected chi connectivity index (χ1v) is 9.34. The van der Waals surface area contributed by atoms with Gasteiger partial charge in [0.25, 0.3) is 5.91 Å². The molecular formula is C20H24ClN3O. The van der Waals surface area contributed by atoms with E-state index >= 15 is 0 Å². The van der Waals surface area contributed by atoms with Crippen molar-refractivity contribution in [3.63, 3.8) is 0 Å². The van der Waals surface area contributed by atoms with Crippen molar-refractivity contribution in [2.75, 3.05) is 5.32 Å². The standard InChI is InChI=1S/C20H24ClN3O/c21-18-10-6-5-7-15(18)13-22-17-11-12-19(23-14-17)20(25)24-16-8-3-1-2-4-9-16/h5-7,10-12,14,16,22H,1-4,8-9,13H2,(H,24,25). The zero-order valence-corrected chi connectivity index (χ0v) is 15.1. The van der Waals surface area contributed by atoms with Gasteiger partial charge in [0.05, 0.1) is 11.9 Å². The number of rotatable bonds is 5. The van der Waals surface area contributed by atoms with Gasteiger partial charge in [-0.2, -0.15) is 0 Å². The van der Waals surface area contributed by atoms with Crippen molar-refractivity contribution in [1.82, 2.24) is 10.3 Å². The maximum atomic E-state index is 12.3. The Hall–Kier alpha value is -2.07. The highest BCUT2D eigenvalue weighted by Gasteiger charge is 2.16. The van der Waals surface area contributed by atoms with Crippen LogP contribution < -0.4 is 10.6 Å². The molecule has 1 heterocycles. The number of nitrogens with zero attached hydrogens (tertiary/aromatic N) is 1. The van der Waals surface area contributed by atoms with Gasteiger partial charge in [-0.05, 0) is 36.6 Å². The van der Waals surface area contributed by atoms with Gasteiger partial charge in [-0.15, -0.1) is 0 Å². The van der Waals surface area contributed by atoms with Crippen LogP contribution in [0.1, 0.15) is 54.6 Å². The number of carbonyl (C=O) groups is 1. The van der Waals surface area contributed by atoms with E-state index in [4.69, 9.17) is 11.6 Å². The Morgan fingerprint density at radius 1 is 1.08 bits per heavy atom. The second-order valence-electron chi connectivity index (χ2n) is 6.54. The lowest BCUT2D eigenvalue weighted by atomic mass is 10.1. The van der Waals surface area contributed by atoms with E-state index in [1.165, 1.54) is 25.7 Å². The predicted molar refractivity (Wildman–Crippen MR) is 102 cm³/mol. The highest BCUT2D eigenvalue weighted by molar-refractivity contribution is 6.31. The lowest BCUT2D eigenvalue weighted by Gasteiger charge is -2.16. The largest absolute Gasteiger partial charge is 0.380 e. The molecule has 0 spiro atoms. The molecule has 0 radical (unpaired) electrons. The fourth-order valence-corrected chi connectivity index (χ4v) is 3.36. The number of carbonyl (C=O) groups excluding carboxylic acids is 1. The smallest absolute Gasteiger partial charge is 0.270 e. The first-order valence-electron chi connectivity index (χ1n) is 8.96. The van der Waals surface area contributed by atoms with E-state index in [-0.39, 0.29) is 11.9 Å². The molecule has 1 aliphatic carbocycles. The van der Waals surface area contributed by atoms with E-state index in [0.29, 0.717) is 12.2 Å². The highest BCUT2D eigenvalue weighted by atomic mass is 35.5. The van der Waals surface area contributed by atoms with E-state index in [1.807, 2.05) is 30.3 Å². The van der Waals surface area contributed by atoms with Crippen LogP contribution in [0.15, 0.2) is 42.6 Å². The van der Waals surface area contributed by atoms with Crippen LogP contribution in [0.3, 0.4) is 0 Å². The number of nitrogens with one attached hydrogen (secondary N) is 2. The van der Waals surface area contributed by atoms with Crippen LogP contribution in [0.5, 0.6) is 0 Å². The molecule has 0 bridgehead atoms. The first kappa shape index (κ1) is 17.7. The van der Waals surface area contributed by atoms with Crippen molar-refractivity contribution in [2.24, 2.45) is 0 Å². The number of anilines is 1. The van der Waals surface area contributed by atoms with E-state index in [9.17, 15) is 4.79 Å². The van der Waals surface area contributed by atoms with E-state index < -0.39 is 0 Å². The molecule has 1 aliphatic rings. The molecule has 1 saturated carbocycles. The number of pyridine rings is 1. The zero-order valence-electron chi connectivity index (χ0n) is 14.3. The Morgan fingerprint density at radius 3 is 2.52 bits per heavy atom. The van der Waals surface area contributed by atoms with Gasteiger partial charge in [0.2, 0.25) is 0 Å². The summed E-state index contributed by atoms with van der Waals surface area (Å²) in [4.78, 5) is 16.6. The second-order valence-corrected chi connectivity index (χ2v) is 6.95. The van der Waals surface area contributed by atoms with E-state index in [1.54, 1.807) is 12.3 Å². The molecule has 132 valence electrons. The quantitative estimate of drug-likeness (QED) is 0.756. The SMILES string of the molecule is O=C(NC1CCCCCC1)c1ccc(NCc2ccccc2Cl)cn1. The summed E-state index contributed by atoms with van der Waals surface area (Å²) in [5.41, 5.74) is 2.36. The molecule has 1 aromatic heterocycles. The van der Waals surface area contributed by atoms with Gasteiger partial charge in [-0.1, -0.05) is 55.5 Å². The number of amides is 1. The van der Waals surface area contributed by atoms with Crippen LogP contribution in [0, 0.1) is 0 Å². The molecule has 1 aromatic carbocycles. The van der Waals surface area contributed by atoms with Crippen molar-refractivity contribution in [1.29, 1.82) is 0 Å². The molecule has 5 heteroatoms. The average molecular weight is 358 g/mol. The minimum atomic E-state index is -0.0791. The van der Waals surface area contributed by atoms with Crippen LogP contribution in [-0.4, -0.2) is 16.9 Å². The van der Waals surface area contributed by atoms with Crippen molar-refractivity contribution >= 4 is 23.2 Å². The predicted octanol–water partition coefficient (Wildman–Crippen LogP) is 4.80. The first-order chi connectivity index (χ1) is 12.2. The lowest BCUT2D eigenvalue weighted by molar-refractivity contribution is 0.0928. The molecular weight excluding hydrogens is 334 g/mol. The van der Waals surface area contributed by atoms with E-state index in [2.05, 4.69) is 15.6 Å². The minimum absolute atomic E-state index is 0.0791. The van der Waals surface area contributed by atoms with Crippen molar-refractivity contribution < 1.29 is 4.79 Å². The summed E-state index contributed by atoms with van der Waals surface area (Å²) in [7, 11) is 0. The minimum Gasteiger partial charge on any atom is -0.380 e. The van der Waals surface area contributed by atoms with Gasteiger partial charge in [-0.25, -0.2) is 4.98 Å². The molecule has 3 rings (SSSR count). The maximum absolute atomic E-state index is 12.3. The third-order valence-electron chi connectivity index (χ3n) is 4.63. The van der Waals surface area contributed by atoms with Gasteiger partial charge in [0.1, 0.15) is 5.69 Å². The van der Waals surface area contributed by atoms with Gasteiger partial charge < -0.3 is 10.6 Å². The number of aromatic nitrogens is 1. The lowest BCUT2D eigenvalue weighted by Crippen LogP contribution is -2.34. The molecule has 0 saturated heterocycles. The number of benzene rings is 1.